The molecule has 1 amide bonds. The van der Waals surface area contributed by atoms with Crippen LogP contribution < -0.4 is 11.6 Å². The maximum absolute atomic E-state index is 11.3. The zero-order valence-electron chi connectivity index (χ0n) is 21.8. The molecule has 0 aromatic rings. The number of unbranched alkanes of at least 4 members (excludes halogenated alkanes) is 14. The van der Waals surface area contributed by atoms with Gasteiger partial charge in [-0.1, -0.05) is 116 Å². The SMILES string of the molecule is C=CC(=O)ON.CCCCCCCC/C=C\CCCCCCCCCCC(CCC)C(N)=O. The molecule has 0 radical (unpaired) electrons. The summed E-state index contributed by atoms with van der Waals surface area (Å²) < 4.78 is 0. The highest BCUT2D eigenvalue weighted by atomic mass is 16.7. The van der Waals surface area contributed by atoms with Crippen LogP contribution in [0.5, 0.6) is 0 Å². The Kier molecular flexibility index (Phi) is 28.9. The smallest absolute Gasteiger partial charge is 0.348 e. The lowest BCUT2D eigenvalue weighted by Crippen LogP contribution is -2.23. The van der Waals surface area contributed by atoms with Crippen molar-refractivity contribution in [2.24, 2.45) is 17.5 Å². The first-order chi connectivity index (χ1) is 16.0. The Hall–Kier alpha value is -1.62. The molecule has 5 nitrogen and oxygen atoms in total. The Balaban J connectivity index is 0. The lowest BCUT2D eigenvalue weighted by atomic mass is 9.95. The van der Waals surface area contributed by atoms with Crippen LogP contribution in [0.15, 0.2) is 24.8 Å². The third-order valence-corrected chi connectivity index (χ3v) is 5.89. The summed E-state index contributed by atoms with van der Waals surface area (Å²) in [6, 6.07) is 0. The second kappa shape index (κ2) is 28.4. The number of rotatable bonds is 22. The van der Waals surface area contributed by atoms with Crippen molar-refractivity contribution >= 4 is 11.9 Å². The molecule has 1 atom stereocenters. The fourth-order valence-corrected chi connectivity index (χ4v) is 3.82. The molecule has 0 aliphatic carbocycles. The van der Waals surface area contributed by atoms with E-state index < -0.39 is 5.97 Å². The molecule has 194 valence electrons. The van der Waals surface area contributed by atoms with E-state index in [0.29, 0.717) is 0 Å². The van der Waals surface area contributed by atoms with E-state index in [1.807, 2.05) is 0 Å². The quantitative estimate of drug-likeness (QED) is 0.0740. The molecule has 0 fully saturated rings. The van der Waals surface area contributed by atoms with Crippen molar-refractivity contribution in [3.05, 3.63) is 24.8 Å². The lowest BCUT2D eigenvalue weighted by Gasteiger charge is -2.11. The van der Waals surface area contributed by atoms with Crippen LogP contribution >= 0.6 is 0 Å². The molecule has 0 aromatic carbocycles. The molecule has 0 rings (SSSR count). The van der Waals surface area contributed by atoms with Gasteiger partial charge in [0.15, 0.2) is 0 Å². The summed E-state index contributed by atoms with van der Waals surface area (Å²) in [5, 5.41) is 0. The van der Waals surface area contributed by atoms with Crippen molar-refractivity contribution in [3.63, 3.8) is 0 Å². The molecule has 0 aliphatic rings. The summed E-state index contributed by atoms with van der Waals surface area (Å²) in [6.45, 7) is 7.48. The van der Waals surface area contributed by atoms with Crippen molar-refractivity contribution < 1.29 is 14.4 Å². The molecule has 5 heteroatoms. The largest absolute Gasteiger partial charge is 0.370 e. The third-order valence-electron chi connectivity index (χ3n) is 5.89. The maximum Gasteiger partial charge on any atom is 0.348 e. The van der Waals surface area contributed by atoms with Crippen LogP contribution in [0, 0.1) is 5.92 Å². The molecule has 0 aliphatic heterocycles. The second-order valence-electron chi connectivity index (χ2n) is 8.96. The lowest BCUT2D eigenvalue weighted by molar-refractivity contribution is -0.138. The average molecular weight is 467 g/mol. The maximum atomic E-state index is 11.3. The van der Waals surface area contributed by atoms with E-state index in [4.69, 9.17) is 5.73 Å². The Morgan fingerprint density at radius 3 is 1.55 bits per heavy atom. The number of nitrogens with two attached hydrogens (primary N) is 2. The standard InChI is InChI=1S/C25H49NO.C3H5NO2/c1-3-5-6-7-8-9-10-11-12-13-14-15-16-17-18-19-20-21-23-24(22-4-2)25(26)27;1-2-3(5)6-4/h11-12,24H,3-10,13-23H2,1-2H3,(H2,26,27);2H,1,4H2/b12-11-;. The van der Waals surface area contributed by atoms with Crippen LogP contribution in [0.1, 0.15) is 136 Å². The number of carbonyl (C=O) groups is 2. The molecule has 0 heterocycles. The van der Waals surface area contributed by atoms with Gasteiger partial charge < -0.3 is 10.6 Å². The van der Waals surface area contributed by atoms with E-state index in [1.165, 1.54) is 96.3 Å². The molecular formula is C28H54N2O3. The molecule has 4 N–H and O–H groups in total. The molecule has 33 heavy (non-hydrogen) atoms. The molecular weight excluding hydrogens is 412 g/mol. The predicted molar refractivity (Wildman–Crippen MR) is 141 cm³/mol. The van der Waals surface area contributed by atoms with E-state index >= 15 is 0 Å². The normalized spacial score (nSPS) is 11.6. The first kappa shape index (κ1) is 33.6. The summed E-state index contributed by atoms with van der Waals surface area (Å²) in [5.41, 5.74) is 5.46. The summed E-state index contributed by atoms with van der Waals surface area (Å²) in [5.74, 6) is 3.76. The van der Waals surface area contributed by atoms with E-state index in [-0.39, 0.29) is 11.8 Å². The third kappa shape index (κ3) is 28.3. The van der Waals surface area contributed by atoms with Crippen LogP contribution in [0.25, 0.3) is 0 Å². The highest BCUT2D eigenvalue weighted by Gasteiger charge is 2.12. The zero-order chi connectivity index (χ0) is 25.0. The van der Waals surface area contributed by atoms with Crippen molar-refractivity contribution in [2.75, 3.05) is 0 Å². The van der Waals surface area contributed by atoms with E-state index in [2.05, 4.69) is 43.3 Å². The van der Waals surface area contributed by atoms with Gasteiger partial charge >= 0.3 is 5.97 Å². The number of primary amides is 1. The minimum Gasteiger partial charge on any atom is -0.370 e. The van der Waals surface area contributed by atoms with Crippen molar-refractivity contribution in [3.8, 4) is 0 Å². The first-order valence-corrected chi connectivity index (χ1v) is 13.5. The molecule has 0 bridgehead atoms. The van der Waals surface area contributed by atoms with Gasteiger partial charge in [0.1, 0.15) is 0 Å². The number of carbonyl (C=O) groups excluding carboxylic acids is 2. The molecule has 0 saturated carbocycles. The van der Waals surface area contributed by atoms with Gasteiger partial charge in [0.05, 0.1) is 0 Å². The second-order valence-corrected chi connectivity index (χ2v) is 8.96. The number of amides is 1. The Bertz CT molecular complexity index is 478. The van der Waals surface area contributed by atoms with Crippen LogP contribution in [-0.4, -0.2) is 11.9 Å². The zero-order valence-corrected chi connectivity index (χ0v) is 21.8. The van der Waals surface area contributed by atoms with Crippen LogP contribution in [0.3, 0.4) is 0 Å². The van der Waals surface area contributed by atoms with Gasteiger partial charge in [-0.05, 0) is 38.5 Å². The summed E-state index contributed by atoms with van der Waals surface area (Å²) in [6.07, 6.45) is 30.3. The van der Waals surface area contributed by atoms with Gasteiger partial charge in [0.25, 0.3) is 0 Å². The van der Waals surface area contributed by atoms with Crippen molar-refractivity contribution in [1.82, 2.24) is 0 Å². The Morgan fingerprint density at radius 2 is 1.18 bits per heavy atom. The number of hydrogen-bond donors (Lipinski definition) is 2. The fourth-order valence-electron chi connectivity index (χ4n) is 3.82. The first-order valence-electron chi connectivity index (χ1n) is 13.5. The van der Waals surface area contributed by atoms with Gasteiger partial charge in [-0.25, -0.2) is 4.79 Å². The number of hydrogen-bond acceptors (Lipinski definition) is 4. The van der Waals surface area contributed by atoms with Gasteiger partial charge in [-0.3, -0.25) is 4.79 Å². The Morgan fingerprint density at radius 1 is 0.727 bits per heavy atom. The fraction of sp³-hybridized carbons (Fsp3) is 0.786. The summed E-state index contributed by atoms with van der Waals surface area (Å²) in [7, 11) is 0. The monoisotopic (exact) mass is 466 g/mol. The number of allylic oxidation sites excluding steroid dienone is 2. The van der Waals surface area contributed by atoms with Crippen LogP contribution in [0.2, 0.25) is 0 Å². The van der Waals surface area contributed by atoms with Gasteiger partial charge in [-0.15, -0.1) is 0 Å². The van der Waals surface area contributed by atoms with Crippen molar-refractivity contribution in [2.45, 2.75) is 136 Å². The summed E-state index contributed by atoms with van der Waals surface area (Å²) in [4.78, 5) is 24.7. The average Bonchev–Trinajstić information content (AvgIpc) is 2.82. The van der Waals surface area contributed by atoms with E-state index in [0.717, 1.165) is 31.8 Å². The Labute approximate surface area is 204 Å². The van der Waals surface area contributed by atoms with Crippen LogP contribution in [0.4, 0.5) is 0 Å². The molecule has 0 aromatic heterocycles. The summed E-state index contributed by atoms with van der Waals surface area (Å²) >= 11 is 0. The highest BCUT2D eigenvalue weighted by Crippen LogP contribution is 2.17. The minimum atomic E-state index is -0.616. The van der Waals surface area contributed by atoms with E-state index in [9.17, 15) is 9.59 Å². The van der Waals surface area contributed by atoms with Gasteiger partial charge in [-0.2, -0.15) is 5.90 Å². The van der Waals surface area contributed by atoms with Gasteiger partial charge in [0.2, 0.25) is 5.91 Å². The molecule has 0 spiro atoms. The topological polar surface area (TPSA) is 95.4 Å². The van der Waals surface area contributed by atoms with Gasteiger partial charge in [0, 0.05) is 12.0 Å². The van der Waals surface area contributed by atoms with Crippen LogP contribution in [-0.2, 0) is 14.4 Å². The predicted octanol–water partition coefficient (Wildman–Crippen LogP) is 7.69. The minimum absolute atomic E-state index is 0.0992. The highest BCUT2D eigenvalue weighted by molar-refractivity contribution is 5.80. The van der Waals surface area contributed by atoms with E-state index in [1.54, 1.807) is 0 Å². The molecule has 0 saturated heterocycles. The molecule has 1 unspecified atom stereocenters. The van der Waals surface area contributed by atoms with Crippen molar-refractivity contribution in [1.29, 1.82) is 0 Å².